The molecule has 1 heterocycles. The second kappa shape index (κ2) is 19.2. The number of ether oxygens (including phenoxy) is 2. The van der Waals surface area contributed by atoms with E-state index in [1.54, 1.807) is 12.3 Å². The number of nitrogens with one attached hydrogen (secondary N) is 3. The predicted molar refractivity (Wildman–Crippen MR) is 135 cm³/mol. The first kappa shape index (κ1) is 31.0. The van der Waals surface area contributed by atoms with Crippen LogP contribution in [-0.2, 0) is 29.1 Å². The number of hydrogen-bond donors (Lipinski definition) is 3. The van der Waals surface area contributed by atoms with Crippen molar-refractivity contribution in [3.05, 3.63) is 34.8 Å². The van der Waals surface area contributed by atoms with Crippen molar-refractivity contribution >= 4 is 43.4 Å². The minimum atomic E-state index is -3.99. The number of carbonyl (C=O) groups is 2. The maximum atomic E-state index is 12.8. The number of amides is 2. The number of hydrogen-bond acceptors (Lipinski definition) is 10. The van der Waals surface area contributed by atoms with Crippen molar-refractivity contribution in [3.8, 4) is 0 Å². The standard InChI is InChI=1S/C19H31N7O6S3/c1-21-17(27)5-11-31-14-10-25-35(29,30)16(6-15-33-34-18-4-2-3-7-22-18)19(28)23-8-12-32-13-9-24-26-20/h2-4,7,16,25H,5-6,8-15H2,1H3,(H,21,27)(H,23,28). The zero-order valence-corrected chi connectivity index (χ0v) is 21.9. The smallest absolute Gasteiger partial charge is 0.239 e. The molecule has 0 saturated carbocycles. The molecular formula is C19H31N7O6S3. The summed E-state index contributed by atoms with van der Waals surface area (Å²) >= 11 is 0. The molecule has 196 valence electrons. The van der Waals surface area contributed by atoms with E-state index in [4.69, 9.17) is 15.0 Å². The van der Waals surface area contributed by atoms with Crippen LogP contribution in [0.25, 0.3) is 10.4 Å². The Bertz CT molecular complexity index is 901. The summed E-state index contributed by atoms with van der Waals surface area (Å²) in [6.07, 6.45) is 1.92. The van der Waals surface area contributed by atoms with E-state index in [1.807, 2.05) is 12.1 Å². The van der Waals surface area contributed by atoms with Crippen LogP contribution >= 0.6 is 21.6 Å². The van der Waals surface area contributed by atoms with Gasteiger partial charge in [-0.3, -0.25) is 9.59 Å². The SMILES string of the molecule is CNC(=O)CCOCCNS(=O)(=O)C(CCSSc1ccccn1)C(=O)NCCOCCN=[N+]=[N-]. The Balaban J connectivity index is 2.54. The fourth-order valence-corrected chi connectivity index (χ4v) is 5.92. The van der Waals surface area contributed by atoms with Crippen LogP contribution in [0.15, 0.2) is 34.5 Å². The van der Waals surface area contributed by atoms with Gasteiger partial charge in [-0.15, -0.1) is 0 Å². The van der Waals surface area contributed by atoms with Crippen LogP contribution in [0.4, 0.5) is 0 Å². The Morgan fingerprint density at radius 2 is 1.97 bits per heavy atom. The molecule has 1 rings (SSSR count). The molecule has 0 aliphatic carbocycles. The highest BCUT2D eigenvalue weighted by molar-refractivity contribution is 8.76. The van der Waals surface area contributed by atoms with Crippen molar-refractivity contribution < 1.29 is 27.5 Å². The number of carbonyl (C=O) groups excluding carboxylic acids is 2. The largest absolute Gasteiger partial charge is 0.380 e. The summed E-state index contributed by atoms with van der Waals surface area (Å²) in [6.45, 7) is 0.820. The van der Waals surface area contributed by atoms with E-state index in [2.05, 4.69) is 30.4 Å². The molecule has 0 radical (unpaired) electrons. The highest BCUT2D eigenvalue weighted by atomic mass is 33.1. The second-order valence-corrected chi connectivity index (χ2v) is 11.1. The van der Waals surface area contributed by atoms with Gasteiger partial charge in [0, 0.05) is 50.0 Å². The van der Waals surface area contributed by atoms with Crippen LogP contribution in [0.3, 0.4) is 0 Å². The Morgan fingerprint density at radius 3 is 2.69 bits per heavy atom. The van der Waals surface area contributed by atoms with Crippen molar-refractivity contribution in [1.82, 2.24) is 20.3 Å². The summed E-state index contributed by atoms with van der Waals surface area (Å²) in [6, 6.07) is 5.49. The lowest BCUT2D eigenvalue weighted by Gasteiger charge is -2.18. The normalized spacial score (nSPS) is 11.9. The first-order valence-corrected chi connectivity index (χ1v) is 14.6. The minimum absolute atomic E-state index is 0.0296. The molecule has 0 aliphatic rings. The molecule has 3 N–H and O–H groups in total. The van der Waals surface area contributed by atoms with Crippen LogP contribution in [-0.4, -0.2) is 89.3 Å². The van der Waals surface area contributed by atoms with E-state index in [-0.39, 0.29) is 64.8 Å². The van der Waals surface area contributed by atoms with E-state index < -0.39 is 21.2 Å². The van der Waals surface area contributed by atoms with Gasteiger partial charge in [0.1, 0.15) is 5.03 Å². The number of azide groups is 1. The summed E-state index contributed by atoms with van der Waals surface area (Å²) in [7, 11) is 0.334. The van der Waals surface area contributed by atoms with Gasteiger partial charge < -0.3 is 20.1 Å². The molecule has 35 heavy (non-hydrogen) atoms. The number of rotatable bonds is 20. The summed E-state index contributed by atoms with van der Waals surface area (Å²) < 4.78 is 38.6. The highest BCUT2D eigenvalue weighted by Gasteiger charge is 2.31. The van der Waals surface area contributed by atoms with Gasteiger partial charge in [0.2, 0.25) is 21.8 Å². The van der Waals surface area contributed by atoms with E-state index in [1.165, 1.54) is 28.6 Å². The fraction of sp³-hybridized carbons (Fsp3) is 0.632. The lowest BCUT2D eigenvalue weighted by atomic mass is 10.3. The van der Waals surface area contributed by atoms with Crippen molar-refractivity contribution in [2.45, 2.75) is 23.1 Å². The van der Waals surface area contributed by atoms with Gasteiger partial charge in [-0.1, -0.05) is 22.0 Å². The van der Waals surface area contributed by atoms with Crippen LogP contribution in [0.5, 0.6) is 0 Å². The summed E-state index contributed by atoms with van der Waals surface area (Å²) in [5.74, 6) is -0.420. The second-order valence-electron chi connectivity index (χ2n) is 6.68. The van der Waals surface area contributed by atoms with E-state index in [0.717, 1.165) is 5.03 Å². The van der Waals surface area contributed by atoms with Crippen LogP contribution in [0.1, 0.15) is 12.8 Å². The lowest BCUT2D eigenvalue weighted by molar-refractivity contribution is -0.122. The first-order chi connectivity index (χ1) is 16.9. The van der Waals surface area contributed by atoms with Crippen molar-refractivity contribution in [1.29, 1.82) is 0 Å². The predicted octanol–water partition coefficient (Wildman–Crippen LogP) is 1.10. The van der Waals surface area contributed by atoms with Crippen LogP contribution < -0.4 is 15.4 Å². The molecule has 0 saturated heterocycles. The van der Waals surface area contributed by atoms with Crippen molar-refractivity contribution in [2.24, 2.45) is 5.11 Å². The Morgan fingerprint density at radius 1 is 1.20 bits per heavy atom. The summed E-state index contributed by atoms with van der Waals surface area (Å²) in [5, 5.41) is 7.85. The number of sulfonamides is 1. The van der Waals surface area contributed by atoms with Gasteiger partial charge in [0.15, 0.2) is 5.25 Å². The lowest BCUT2D eigenvalue weighted by Crippen LogP contribution is -2.47. The van der Waals surface area contributed by atoms with Crippen LogP contribution in [0, 0.1) is 0 Å². The maximum Gasteiger partial charge on any atom is 0.239 e. The third-order valence-electron chi connectivity index (χ3n) is 4.16. The van der Waals surface area contributed by atoms with E-state index in [0.29, 0.717) is 5.75 Å². The average molecular weight is 550 g/mol. The molecular weight excluding hydrogens is 518 g/mol. The number of pyridine rings is 1. The quantitative estimate of drug-likeness (QED) is 0.0704. The molecule has 1 atom stereocenters. The third-order valence-corrected chi connectivity index (χ3v) is 8.26. The molecule has 2 amide bonds. The Kier molecular flexibility index (Phi) is 16.9. The van der Waals surface area contributed by atoms with E-state index >= 15 is 0 Å². The molecule has 1 unspecified atom stereocenters. The van der Waals surface area contributed by atoms with E-state index in [9.17, 15) is 18.0 Å². The molecule has 0 bridgehead atoms. The van der Waals surface area contributed by atoms with Gasteiger partial charge in [0.05, 0.1) is 26.4 Å². The van der Waals surface area contributed by atoms with Gasteiger partial charge in [-0.25, -0.2) is 18.1 Å². The van der Waals surface area contributed by atoms with Gasteiger partial charge in [-0.2, -0.15) is 0 Å². The zero-order chi connectivity index (χ0) is 25.8. The highest BCUT2D eigenvalue weighted by Crippen LogP contribution is 2.30. The maximum absolute atomic E-state index is 12.8. The minimum Gasteiger partial charge on any atom is -0.380 e. The van der Waals surface area contributed by atoms with Gasteiger partial charge >= 0.3 is 0 Å². The van der Waals surface area contributed by atoms with Gasteiger partial charge in [0.25, 0.3) is 0 Å². The van der Waals surface area contributed by atoms with Crippen molar-refractivity contribution in [2.75, 3.05) is 58.9 Å². The molecule has 0 aromatic carbocycles. The molecule has 16 heteroatoms. The molecule has 1 aromatic heterocycles. The van der Waals surface area contributed by atoms with Crippen molar-refractivity contribution in [3.63, 3.8) is 0 Å². The third kappa shape index (κ3) is 14.8. The number of aromatic nitrogens is 1. The molecule has 13 nitrogen and oxygen atoms in total. The Hall–Kier alpha value is -2.07. The number of nitrogens with zero attached hydrogens (tertiary/aromatic N) is 4. The monoisotopic (exact) mass is 549 g/mol. The average Bonchev–Trinajstić information content (AvgIpc) is 2.85. The first-order valence-electron chi connectivity index (χ1n) is 10.7. The topological polar surface area (TPSA) is 184 Å². The summed E-state index contributed by atoms with van der Waals surface area (Å²) in [4.78, 5) is 30.6. The molecule has 0 spiro atoms. The fourth-order valence-electron chi connectivity index (χ4n) is 2.44. The Labute approximate surface area is 213 Å². The molecule has 0 fully saturated rings. The zero-order valence-electron chi connectivity index (χ0n) is 19.4. The summed E-state index contributed by atoms with van der Waals surface area (Å²) in [5.41, 5.74) is 8.22. The van der Waals surface area contributed by atoms with Gasteiger partial charge in [-0.05, 0) is 34.9 Å². The van der Waals surface area contributed by atoms with Crippen LogP contribution in [0.2, 0.25) is 0 Å². The molecule has 1 aromatic rings. The molecule has 0 aliphatic heterocycles.